The minimum Gasteiger partial charge on any atom is -0.262 e. The number of benzene rings is 6. The fraction of sp³-hybridized carbons (Fsp3) is 0.430. The molecule has 0 N–H and O–H groups in total. The number of nitriles is 1. The van der Waals surface area contributed by atoms with Gasteiger partial charge in [0.15, 0.2) is 5.82 Å². The Morgan fingerprint density at radius 1 is 0.322 bits per heavy atom. The summed E-state index contributed by atoms with van der Waals surface area (Å²) in [5, 5.41) is 9.65. The topological polar surface area (TPSA) is 75.3 Å². The molecule has 0 aliphatic rings. The quantitative estimate of drug-likeness (QED) is 0.0849. The van der Waals surface area contributed by atoms with Crippen LogP contribution in [0.5, 0.6) is 0 Å². The molecule has 4 aromatic heterocycles. The molecule has 0 radical (unpaired) electrons. The van der Waals surface area contributed by atoms with Crippen molar-refractivity contribution in [3.8, 4) is 6.07 Å². The van der Waals surface area contributed by atoms with Crippen molar-refractivity contribution in [2.75, 3.05) is 0 Å². The molecule has 0 fully saturated rings. The number of hydrogen-bond acceptors (Lipinski definition) is 5. The van der Waals surface area contributed by atoms with E-state index in [0.29, 0.717) is 69.7 Å². The lowest BCUT2D eigenvalue weighted by Crippen LogP contribution is -2.02. The first-order valence-electron chi connectivity index (χ1n) is 39.5. The first kappa shape index (κ1) is 106. The number of rotatable bonds is 13. The van der Waals surface area contributed by atoms with Gasteiger partial charge in [0.25, 0.3) is 6.43 Å². The van der Waals surface area contributed by atoms with Crippen LogP contribution in [0.3, 0.4) is 0 Å². The second-order valence-electron chi connectivity index (χ2n) is 31.7. The summed E-state index contributed by atoms with van der Waals surface area (Å²) in [6.45, 7) is 57.1. The van der Waals surface area contributed by atoms with E-state index in [1.807, 2.05) is 137 Å². The summed E-state index contributed by atoms with van der Waals surface area (Å²) in [5.41, 5.74) is 18.2. The van der Waals surface area contributed by atoms with Crippen LogP contribution in [0.25, 0.3) is 0 Å². The molecular formula is C100H133ClF9N5. The van der Waals surface area contributed by atoms with Gasteiger partial charge >= 0.3 is 0 Å². The summed E-state index contributed by atoms with van der Waals surface area (Å²) in [4.78, 5) is 15.2. The molecule has 10 aromatic rings. The molecule has 4 heterocycles. The Hall–Kier alpha value is -8.93. The molecule has 0 aliphatic carbocycles. The van der Waals surface area contributed by atoms with Crippen LogP contribution in [0.4, 0.5) is 39.5 Å². The number of aromatic nitrogens is 4. The van der Waals surface area contributed by atoms with Crippen LogP contribution < -0.4 is 0 Å². The number of aryl methyl sites for hydroxylation is 6. The van der Waals surface area contributed by atoms with E-state index in [4.69, 9.17) is 16.9 Å². The van der Waals surface area contributed by atoms with Gasteiger partial charge in [-0.2, -0.15) is 9.65 Å². The summed E-state index contributed by atoms with van der Waals surface area (Å²) in [6, 6.07) is 49.5. The minimum absolute atomic E-state index is 0. The highest BCUT2D eigenvalue weighted by Crippen LogP contribution is 2.30. The molecule has 0 saturated heterocycles. The molecule has 0 amide bonds. The van der Waals surface area contributed by atoms with Crippen LogP contribution in [-0.2, 0) is 0 Å². The predicted octanol–water partition coefficient (Wildman–Crippen LogP) is 32.7. The number of hydrogen-bond donors (Lipinski definition) is 0. The van der Waals surface area contributed by atoms with Gasteiger partial charge in [-0.25, -0.2) is 40.1 Å². The number of alkyl halides is 4. The summed E-state index contributed by atoms with van der Waals surface area (Å²) in [5.74, 6) is 2.14. The standard InChI is InChI=1S/C11H14F2.C11H13N.C10H13Cl.C10H13F2N.C10H12F2.C10H14FN.C10H13F.C10H14.C9H13N.C8H10FN.CH4/c1-7(2)9-5-4-8(3)10(6-9)11(12)13;1-8(2)10-5-4-9(3)11(6-10)7-12;1-7(2)9-5-4-8(3)10(11)6-9;1-6(2)8-4-5-13-10(7(3)11)9(8)12;1-6(2)8-4-9(11)7(3)10(12)5-8;1-7(2)9-4-5-12-10(6-9)8(3)11;1-7(2)9-5-4-8(3)10(11)6-9;1-8(2)10-6-4-9(3)5-7-10;1-7(2)9-4-5-10-8(3)6-9;1-6(2)7-3-4-10-8(9)5-7;/h4-7,11H,1-3H3;4-6,8H,1-3H3;4-7H,1-3H3;4-7H,1-3H3;4-6H,1-3H3;4-8H,1-3H3;4-7H,1-3H3;4-8H,1-3H3;4-7H,1-3H3;3-6H,1-2H3;1H4. The first-order chi connectivity index (χ1) is 53.1. The smallest absolute Gasteiger partial charge is 0.262 e. The molecule has 15 heteroatoms. The number of pyridine rings is 4. The summed E-state index contributed by atoms with van der Waals surface area (Å²) in [6.07, 6.45) is 1.79. The first-order valence-corrected chi connectivity index (χ1v) is 39.9. The zero-order valence-corrected chi connectivity index (χ0v) is 74.0. The normalized spacial score (nSPS) is 11.1. The molecule has 0 saturated carbocycles. The molecule has 10 rings (SSSR count). The molecular weight excluding hydrogens is 1480 g/mol. The van der Waals surface area contributed by atoms with Crippen molar-refractivity contribution in [1.29, 1.82) is 5.26 Å². The van der Waals surface area contributed by atoms with Gasteiger partial charge in [0.2, 0.25) is 5.95 Å². The Kier molecular flexibility index (Phi) is 49.9. The summed E-state index contributed by atoms with van der Waals surface area (Å²) >= 11 is 5.96. The van der Waals surface area contributed by atoms with Crippen molar-refractivity contribution < 1.29 is 39.5 Å². The second kappa shape index (κ2) is 54.1. The maximum Gasteiger partial charge on any atom is 0.264 e. The molecule has 2 atom stereocenters. The van der Waals surface area contributed by atoms with Gasteiger partial charge in [0.1, 0.15) is 35.5 Å². The van der Waals surface area contributed by atoms with E-state index in [0.717, 1.165) is 55.2 Å². The molecule has 2 unspecified atom stereocenters. The number of nitrogens with zero attached hydrogens (tertiary/aromatic N) is 5. The summed E-state index contributed by atoms with van der Waals surface area (Å²) < 4.78 is 115. The molecule has 6 aromatic carbocycles. The molecule has 628 valence electrons. The van der Waals surface area contributed by atoms with Gasteiger partial charge in [-0.15, -0.1) is 0 Å². The van der Waals surface area contributed by atoms with Crippen LogP contribution in [0.1, 0.15) is 355 Å². The van der Waals surface area contributed by atoms with Gasteiger partial charge < -0.3 is 0 Å². The Balaban J connectivity index is 0.00000126. The third-order valence-corrected chi connectivity index (χ3v) is 18.9. The molecule has 5 nitrogen and oxygen atoms in total. The van der Waals surface area contributed by atoms with E-state index in [-0.39, 0.29) is 41.9 Å². The van der Waals surface area contributed by atoms with Crippen LogP contribution in [0.2, 0.25) is 5.02 Å². The molecule has 0 bridgehead atoms. The molecule has 115 heavy (non-hydrogen) atoms. The monoisotopic (exact) mass is 1610 g/mol. The lowest BCUT2D eigenvalue weighted by atomic mass is 9.98. The lowest BCUT2D eigenvalue weighted by molar-refractivity contribution is 0.150. The van der Waals surface area contributed by atoms with Crippen molar-refractivity contribution in [2.45, 2.75) is 286 Å². The van der Waals surface area contributed by atoms with Crippen molar-refractivity contribution in [3.63, 3.8) is 0 Å². The molecule has 0 aliphatic heterocycles. The fourth-order valence-electron chi connectivity index (χ4n) is 10.2. The van der Waals surface area contributed by atoms with Crippen molar-refractivity contribution in [3.05, 3.63) is 328 Å². The highest BCUT2D eigenvalue weighted by atomic mass is 35.5. The van der Waals surface area contributed by atoms with E-state index in [1.54, 1.807) is 44.3 Å². The Bertz CT molecular complexity index is 4290. The van der Waals surface area contributed by atoms with Crippen LogP contribution in [0, 0.1) is 89.0 Å². The van der Waals surface area contributed by atoms with E-state index in [9.17, 15) is 39.5 Å². The van der Waals surface area contributed by atoms with Crippen LogP contribution >= 0.6 is 11.6 Å². The Morgan fingerprint density at radius 3 is 1.09 bits per heavy atom. The highest BCUT2D eigenvalue weighted by Gasteiger charge is 2.17. The second-order valence-corrected chi connectivity index (χ2v) is 32.1. The van der Waals surface area contributed by atoms with E-state index in [1.165, 1.54) is 79.2 Å². The number of halogens is 10. The van der Waals surface area contributed by atoms with Crippen LogP contribution in [0.15, 0.2) is 176 Å². The van der Waals surface area contributed by atoms with Gasteiger partial charge in [-0.3, -0.25) is 15.0 Å². The Morgan fingerprint density at radius 2 is 0.696 bits per heavy atom. The van der Waals surface area contributed by atoms with E-state index >= 15 is 0 Å². The minimum atomic E-state index is -2.36. The van der Waals surface area contributed by atoms with Crippen molar-refractivity contribution >= 4 is 11.6 Å². The average molecular weight is 1610 g/mol. The average Bonchev–Trinajstić information content (AvgIpc) is 0.874. The fourth-order valence-corrected chi connectivity index (χ4v) is 10.4. The van der Waals surface area contributed by atoms with Gasteiger partial charge in [0, 0.05) is 46.6 Å². The maximum absolute atomic E-state index is 13.5. The maximum atomic E-state index is 13.5. The zero-order chi connectivity index (χ0) is 87.1. The highest BCUT2D eigenvalue weighted by molar-refractivity contribution is 6.31. The van der Waals surface area contributed by atoms with Crippen LogP contribution in [-0.4, -0.2) is 19.9 Å². The van der Waals surface area contributed by atoms with Gasteiger partial charge in [-0.05, 0) is 278 Å². The third kappa shape index (κ3) is 40.0. The van der Waals surface area contributed by atoms with E-state index in [2.05, 4.69) is 171 Å². The zero-order valence-electron chi connectivity index (χ0n) is 73.3. The largest absolute Gasteiger partial charge is 0.264 e. The predicted molar refractivity (Wildman–Crippen MR) is 470 cm³/mol. The van der Waals surface area contributed by atoms with Gasteiger partial charge in [-0.1, -0.05) is 236 Å². The lowest BCUT2D eigenvalue weighted by Gasteiger charge is -2.10. The Labute approximate surface area is 692 Å². The third-order valence-electron chi connectivity index (χ3n) is 18.5. The van der Waals surface area contributed by atoms with Crippen molar-refractivity contribution in [1.82, 2.24) is 19.9 Å². The summed E-state index contributed by atoms with van der Waals surface area (Å²) in [7, 11) is 0. The van der Waals surface area contributed by atoms with Crippen molar-refractivity contribution in [2.24, 2.45) is 0 Å². The molecule has 0 spiro atoms. The SMILES string of the molecule is C.CC(C)c1ccnc(C(C)F)c1.CC(C)c1ccnc(C(C)F)c1F.CC(C)c1ccnc(F)c1.Cc1c(F)cc(C(C)C)cc1F.Cc1cc(C(C)C)ccn1.Cc1ccc(C(C)C)cc1.Cc1ccc(C(C)C)cc1C#N.Cc1ccc(C(C)C)cc1C(F)F.Cc1ccc(C(C)C)cc1Cl.Cc1ccc(C(C)C)cc1F. The van der Waals surface area contributed by atoms with Gasteiger partial charge in [0.05, 0.1) is 17.3 Å². The van der Waals surface area contributed by atoms with E-state index < -0.39 is 42.2 Å².